The number of carbonyl (C=O) groups excluding carboxylic acids is 1. The maximum Gasteiger partial charge on any atom is 0.266 e. The lowest BCUT2D eigenvalue weighted by molar-refractivity contribution is 0.102. The first kappa shape index (κ1) is 17.7. The largest absolute Gasteiger partial charge is 0.292 e. The highest BCUT2D eigenvalue weighted by Crippen LogP contribution is 2.23. The Balaban J connectivity index is 1.80. The Morgan fingerprint density at radius 3 is 2.59 bits per heavy atom. The van der Waals surface area contributed by atoms with E-state index >= 15 is 0 Å². The van der Waals surface area contributed by atoms with E-state index in [0.29, 0.717) is 20.9 Å². The van der Waals surface area contributed by atoms with Gasteiger partial charge >= 0.3 is 0 Å². The van der Waals surface area contributed by atoms with Gasteiger partial charge in [-0.25, -0.2) is 4.98 Å². The lowest BCUT2D eigenvalue weighted by Gasteiger charge is -2.13. The van der Waals surface area contributed by atoms with Crippen molar-refractivity contribution in [2.24, 2.45) is 0 Å². The summed E-state index contributed by atoms with van der Waals surface area (Å²) in [6, 6.07) is 18.7. The summed E-state index contributed by atoms with van der Waals surface area (Å²) in [7, 11) is 0. The maximum atomic E-state index is 13.1. The molecule has 4 aromatic rings. The summed E-state index contributed by atoms with van der Waals surface area (Å²) in [5.74, 6) is 0.268. The van der Waals surface area contributed by atoms with Crippen LogP contribution < -0.4 is 5.56 Å². The number of carbonyl (C=O) groups is 1. The Morgan fingerprint density at radius 1 is 1.07 bits per heavy atom. The zero-order valence-electron chi connectivity index (χ0n) is 14.6. The molecular weight excluding hydrogens is 376 g/mol. The first-order chi connectivity index (χ1) is 13.1. The van der Waals surface area contributed by atoms with E-state index in [9.17, 15) is 9.59 Å². The SMILES string of the molecule is Cc1ccc(-n2c(SCC(=O)c3cccs3)nc3ccccc3c2=O)cc1. The van der Waals surface area contributed by atoms with Gasteiger partial charge in [0.05, 0.1) is 27.2 Å². The fraction of sp³-hybridized carbons (Fsp3) is 0.0952. The third-order valence-electron chi connectivity index (χ3n) is 4.17. The maximum absolute atomic E-state index is 13.1. The van der Waals surface area contributed by atoms with E-state index in [1.807, 2.05) is 66.9 Å². The minimum atomic E-state index is -0.129. The third-order valence-corrected chi connectivity index (χ3v) is 6.01. The summed E-state index contributed by atoms with van der Waals surface area (Å²) in [4.78, 5) is 30.9. The second kappa shape index (κ2) is 7.50. The first-order valence-corrected chi connectivity index (χ1v) is 10.3. The van der Waals surface area contributed by atoms with Crippen molar-refractivity contribution in [3.8, 4) is 5.69 Å². The van der Waals surface area contributed by atoms with Crippen LogP contribution >= 0.6 is 23.1 Å². The Labute approximate surface area is 164 Å². The number of thioether (sulfide) groups is 1. The van der Waals surface area contributed by atoms with Crippen LogP contribution in [0.25, 0.3) is 16.6 Å². The highest BCUT2D eigenvalue weighted by atomic mass is 32.2. The molecule has 0 aliphatic rings. The number of hydrogen-bond acceptors (Lipinski definition) is 5. The molecule has 6 heteroatoms. The number of thiophene rings is 1. The average molecular weight is 393 g/mol. The van der Waals surface area contributed by atoms with Crippen molar-refractivity contribution in [2.75, 3.05) is 5.75 Å². The molecule has 2 aromatic heterocycles. The summed E-state index contributed by atoms with van der Waals surface area (Å²) in [5.41, 5.74) is 2.37. The Kier molecular flexibility index (Phi) is 4.92. The standard InChI is InChI=1S/C21H16N2O2S2/c1-14-8-10-15(11-9-14)23-20(25)16-5-2-3-6-17(16)22-21(23)27-13-18(24)19-7-4-12-26-19/h2-12H,13H2,1H3. The van der Waals surface area contributed by atoms with Gasteiger partial charge in [0.15, 0.2) is 10.9 Å². The van der Waals surface area contributed by atoms with E-state index in [0.717, 1.165) is 11.3 Å². The summed E-state index contributed by atoms with van der Waals surface area (Å²) < 4.78 is 1.59. The number of rotatable bonds is 5. The van der Waals surface area contributed by atoms with Gasteiger partial charge in [-0.15, -0.1) is 11.3 Å². The second-order valence-electron chi connectivity index (χ2n) is 6.08. The van der Waals surface area contributed by atoms with Crippen LogP contribution in [0.4, 0.5) is 0 Å². The molecule has 4 nitrogen and oxygen atoms in total. The van der Waals surface area contributed by atoms with Gasteiger partial charge in [0.25, 0.3) is 5.56 Å². The molecule has 0 aliphatic heterocycles. The number of aryl methyl sites for hydroxylation is 1. The van der Waals surface area contributed by atoms with Gasteiger partial charge in [0.2, 0.25) is 0 Å². The number of aromatic nitrogens is 2. The normalized spacial score (nSPS) is 11.0. The molecule has 0 fully saturated rings. The van der Waals surface area contributed by atoms with Crippen LogP contribution in [-0.4, -0.2) is 21.1 Å². The van der Waals surface area contributed by atoms with E-state index in [1.54, 1.807) is 10.6 Å². The van der Waals surface area contributed by atoms with Crippen LogP contribution in [0.15, 0.2) is 76.0 Å². The molecule has 2 aromatic carbocycles. The molecule has 27 heavy (non-hydrogen) atoms. The zero-order valence-corrected chi connectivity index (χ0v) is 16.2. The number of nitrogens with zero attached hydrogens (tertiary/aromatic N) is 2. The molecule has 0 bridgehead atoms. The van der Waals surface area contributed by atoms with Crippen molar-refractivity contribution in [1.29, 1.82) is 0 Å². The molecule has 0 atom stereocenters. The number of ketones is 1. The van der Waals surface area contributed by atoms with Crippen molar-refractivity contribution in [3.05, 3.63) is 86.8 Å². The Bertz CT molecular complexity index is 1160. The van der Waals surface area contributed by atoms with E-state index in [2.05, 4.69) is 4.98 Å². The molecule has 0 aliphatic carbocycles. The summed E-state index contributed by atoms with van der Waals surface area (Å²) >= 11 is 2.71. The predicted octanol–water partition coefficient (Wildman–Crippen LogP) is 4.73. The fourth-order valence-corrected chi connectivity index (χ4v) is 4.42. The van der Waals surface area contributed by atoms with Crippen molar-refractivity contribution in [3.63, 3.8) is 0 Å². The van der Waals surface area contributed by atoms with E-state index < -0.39 is 0 Å². The molecule has 0 spiro atoms. The number of benzene rings is 2. The number of fused-ring (bicyclic) bond motifs is 1. The molecular formula is C21H16N2O2S2. The summed E-state index contributed by atoms with van der Waals surface area (Å²) in [6.07, 6.45) is 0. The lowest BCUT2D eigenvalue weighted by atomic mass is 10.2. The monoisotopic (exact) mass is 392 g/mol. The molecule has 134 valence electrons. The van der Waals surface area contributed by atoms with Gasteiger partial charge in [-0.1, -0.05) is 47.7 Å². The van der Waals surface area contributed by atoms with Crippen LogP contribution in [-0.2, 0) is 0 Å². The van der Waals surface area contributed by atoms with Crippen molar-refractivity contribution >= 4 is 39.8 Å². The smallest absolute Gasteiger partial charge is 0.266 e. The van der Waals surface area contributed by atoms with Crippen LogP contribution in [0.2, 0.25) is 0 Å². The fourth-order valence-electron chi connectivity index (χ4n) is 2.77. The van der Waals surface area contributed by atoms with Gasteiger partial charge in [0, 0.05) is 0 Å². The van der Waals surface area contributed by atoms with E-state index in [1.165, 1.54) is 23.1 Å². The molecule has 0 radical (unpaired) electrons. The molecule has 4 rings (SSSR count). The molecule has 2 heterocycles. The topological polar surface area (TPSA) is 52.0 Å². The van der Waals surface area contributed by atoms with Crippen molar-refractivity contribution < 1.29 is 4.79 Å². The minimum absolute atomic E-state index is 0.0351. The van der Waals surface area contributed by atoms with Gasteiger partial charge in [-0.3, -0.25) is 14.2 Å². The zero-order chi connectivity index (χ0) is 18.8. The number of hydrogen-bond donors (Lipinski definition) is 0. The highest BCUT2D eigenvalue weighted by Gasteiger charge is 2.15. The van der Waals surface area contributed by atoms with Crippen molar-refractivity contribution in [1.82, 2.24) is 9.55 Å². The molecule has 0 N–H and O–H groups in total. The van der Waals surface area contributed by atoms with Crippen LogP contribution in [0.1, 0.15) is 15.2 Å². The van der Waals surface area contributed by atoms with Crippen LogP contribution in [0.3, 0.4) is 0 Å². The first-order valence-electron chi connectivity index (χ1n) is 8.42. The summed E-state index contributed by atoms with van der Waals surface area (Å²) in [6.45, 7) is 2.00. The van der Waals surface area contributed by atoms with E-state index in [-0.39, 0.29) is 17.1 Å². The number of para-hydroxylation sites is 1. The van der Waals surface area contributed by atoms with Gasteiger partial charge < -0.3 is 0 Å². The average Bonchev–Trinajstić information content (AvgIpc) is 3.22. The van der Waals surface area contributed by atoms with E-state index in [4.69, 9.17) is 0 Å². The predicted molar refractivity (Wildman–Crippen MR) is 111 cm³/mol. The lowest BCUT2D eigenvalue weighted by Crippen LogP contribution is -2.22. The van der Waals surface area contributed by atoms with Gasteiger partial charge in [-0.05, 0) is 42.6 Å². The molecule has 0 amide bonds. The Morgan fingerprint density at radius 2 is 1.85 bits per heavy atom. The van der Waals surface area contributed by atoms with Crippen molar-refractivity contribution in [2.45, 2.75) is 12.1 Å². The molecule has 0 saturated carbocycles. The molecule has 0 saturated heterocycles. The molecule has 0 unspecified atom stereocenters. The quantitative estimate of drug-likeness (QED) is 0.280. The highest BCUT2D eigenvalue weighted by molar-refractivity contribution is 7.99. The van der Waals surface area contributed by atoms with Gasteiger partial charge in [0.1, 0.15) is 0 Å². The summed E-state index contributed by atoms with van der Waals surface area (Å²) in [5, 5.41) is 2.97. The number of Topliss-reactive ketones (excluding diaryl/α,β-unsaturated/α-hetero) is 1. The van der Waals surface area contributed by atoms with Crippen LogP contribution in [0, 0.1) is 6.92 Å². The third kappa shape index (κ3) is 3.59. The Hall–Kier alpha value is -2.70. The van der Waals surface area contributed by atoms with Crippen LogP contribution in [0.5, 0.6) is 0 Å². The second-order valence-corrected chi connectivity index (χ2v) is 7.97. The van der Waals surface area contributed by atoms with Gasteiger partial charge in [-0.2, -0.15) is 0 Å². The minimum Gasteiger partial charge on any atom is -0.292 e.